The van der Waals surface area contributed by atoms with Gasteiger partial charge in [0.2, 0.25) is 0 Å². The first-order valence-electron chi connectivity index (χ1n) is 5.97. The number of halogens is 2. The van der Waals surface area contributed by atoms with E-state index in [2.05, 4.69) is 15.3 Å². The maximum atomic E-state index is 13.2. The molecule has 0 amide bonds. The van der Waals surface area contributed by atoms with Gasteiger partial charge >= 0.3 is 0 Å². The summed E-state index contributed by atoms with van der Waals surface area (Å²) < 4.78 is 26.4. The van der Waals surface area contributed by atoms with Gasteiger partial charge in [0.1, 0.15) is 23.3 Å². The predicted octanol–water partition coefficient (Wildman–Crippen LogP) is 2.07. The smallest absolute Gasteiger partial charge is 0.256 e. The van der Waals surface area contributed by atoms with E-state index in [4.69, 9.17) is 0 Å². The Balaban J connectivity index is 2.15. The molecule has 2 aromatic rings. The molecule has 19 heavy (non-hydrogen) atoms. The standard InChI is InChI=1S/C13H11F2N3O/c14-8-4-7(5-9(15)6-8)11-17-12-10(13(19)18-11)2-1-3-16-12/h4-6H,1-3H2,(H2,16,17,18,19). The summed E-state index contributed by atoms with van der Waals surface area (Å²) in [5, 5.41) is 3.02. The van der Waals surface area contributed by atoms with Gasteiger partial charge in [-0.05, 0) is 25.0 Å². The molecular weight excluding hydrogens is 252 g/mol. The first-order valence-corrected chi connectivity index (χ1v) is 5.97. The second kappa shape index (κ2) is 4.46. The minimum atomic E-state index is -0.705. The van der Waals surface area contributed by atoms with Crippen LogP contribution in [0.15, 0.2) is 23.0 Å². The Morgan fingerprint density at radius 3 is 2.63 bits per heavy atom. The minimum absolute atomic E-state index is 0.163. The van der Waals surface area contributed by atoms with Gasteiger partial charge in [-0.1, -0.05) is 0 Å². The van der Waals surface area contributed by atoms with E-state index >= 15 is 0 Å². The van der Waals surface area contributed by atoms with Crippen molar-refractivity contribution >= 4 is 5.82 Å². The second-order valence-electron chi connectivity index (χ2n) is 4.43. The molecule has 1 aromatic carbocycles. The van der Waals surface area contributed by atoms with Gasteiger partial charge in [-0.3, -0.25) is 4.79 Å². The molecule has 0 radical (unpaired) electrons. The van der Waals surface area contributed by atoms with Crippen LogP contribution >= 0.6 is 0 Å². The lowest BCUT2D eigenvalue weighted by Crippen LogP contribution is -2.24. The molecule has 1 aliphatic heterocycles. The Bertz CT molecular complexity index is 677. The van der Waals surface area contributed by atoms with Crippen LogP contribution in [0, 0.1) is 11.6 Å². The van der Waals surface area contributed by atoms with Gasteiger partial charge in [-0.2, -0.15) is 0 Å². The van der Waals surface area contributed by atoms with Gasteiger partial charge in [0.15, 0.2) is 0 Å². The van der Waals surface area contributed by atoms with Gasteiger partial charge in [0, 0.05) is 18.2 Å². The van der Waals surface area contributed by atoms with Crippen LogP contribution in [0.3, 0.4) is 0 Å². The number of nitrogens with zero attached hydrogens (tertiary/aromatic N) is 1. The largest absolute Gasteiger partial charge is 0.370 e. The van der Waals surface area contributed by atoms with E-state index in [0.29, 0.717) is 17.8 Å². The predicted molar refractivity (Wildman–Crippen MR) is 67.0 cm³/mol. The molecule has 1 aromatic heterocycles. The van der Waals surface area contributed by atoms with Crippen LogP contribution in [0.1, 0.15) is 12.0 Å². The average molecular weight is 263 g/mol. The Morgan fingerprint density at radius 1 is 1.16 bits per heavy atom. The minimum Gasteiger partial charge on any atom is -0.370 e. The molecule has 0 aliphatic carbocycles. The molecule has 0 saturated carbocycles. The first-order chi connectivity index (χ1) is 9.13. The van der Waals surface area contributed by atoms with Gasteiger partial charge in [0.25, 0.3) is 5.56 Å². The summed E-state index contributed by atoms with van der Waals surface area (Å²) in [6.07, 6.45) is 1.52. The molecular formula is C13H11F2N3O. The van der Waals surface area contributed by atoms with Crippen molar-refractivity contribution in [1.82, 2.24) is 9.97 Å². The topological polar surface area (TPSA) is 57.8 Å². The number of rotatable bonds is 1. The van der Waals surface area contributed by atoms with Crippen molar-refractivity contribution in [2.45, 2.75) is 12.8 Å². The SMILES string of the molecule is O=c1[nH]c(-c2cc(F)cc(F)c2)nc2c1CCCN2. The van der Waals surface area contributed by atoms with Crippen molar-refractivity contribution in [3.05, 3.63) is 45.8 Å². The fourth-order valence-corrected chi connectivity index (χ4v) is 2.18. The highest BCUT2D eigenvalue weighted by Gasteiger charge is 2.16. The van der Waals surface area contributed by atoms with E-state index in [0.717, 1.165) is 31.2 Å². The van der Waals surface area contributed by atoms with E-state index in [9.17, 15) is 13.6 Å². The van der Waals surface area contributed by atoms with E-state index in [1.165, 1.54) is 0 Å². The van der Waals surface area contributed by atoms with Crippen LogP contribution in [-0.4, -0.2) is 16.5 Å². The van der Waals surface area contributed by atoms with Crippen molar-refractivity contribution in [1.29, 1.82) is 0 Å². The number of fused-ring (bicyclic) bond motifs is 1. The number of hydrogen-bond acceptors (Lipinski definition) is 3. The Morgan fingerprint density at radius 2 is 1.89 bits per heavy atom. The highest BCUT2D eigenvalue weighted by molar-refractivity contribution is 5.59. The summed E-state index contributed by atoms with van der Waals surface area (Å²) in [5.74, 6) is -0.752. The Kier molecular flexibility index (Phi) is 2.77. The number of benzene rings is 1. The highest BCUT2D eigenvalue weighted by atomic mass is 19.1. The molecule has 0 fully saturated rings. The van der Waals surface area contributed by atoms with Crippen molar-refractivity contribution in [2.24, 2.45) is 0 Å². The first kappa shape index (κ1) is 11.8. The molecule has 2 heterocycles. The molecule has 2 N–H and O–H groups in total. The fourth-order valence-electron chi connectivity index (χ4n) is 2.18. The summed E-state index contributed by atoms with van der Waals surface area (Å²) >= 11 is 0. The maximum absolute atomic E-state index is 13.2. The van der Waals surface area contributed by atoms with E-state index in [-0.39, 0.29) is 16.9 Å². The van der Waals surface area contributed by atoms with E-state index in [1.54, 1.807) is 0 Å². The van der Waals surface area contributed by atoms with Gasteiger partial charge in [-0.15, -0.1) is 0 Å². The summed E-state index contributed by atoms with van der Waals surface area (Å²) in [6.45, 7) is 0.737. The monoisotopic (exact) mass is 263 g/mol. The van der Waals surface area contributed by atoms with E-state index in [1.807, 2.05) is 0 Å². The number of anilines is 1. The van der Waals surface area contributed by atoms with Gasteiger partial charge in [0.05, 0.1) is 5.56 Å². The van der Waals surface area contributed by atoms with Crippen LogP contribution < -0.4 is 10.9 Å². The van der Waals surface area contributed by atoms with Gasteiger partial charge < -0.3 is 10.3 Å². The lowest BCUT2D eigenvalue weighted by atomic mass is 10.1. The number of hydrogen-bond donors (Lipinski definition) is 2. The summed E-state index contributed by atoms with van der Waals surface area (Å²) in [7, 11) is 0. The Hall–Kier alpha value is -2.24. The average Bonchev–Trinajstić information content (AvgIpc) is 2.37. The maximum Gasteiger partial charge on any atom is 0.256 e. The second-order valence-corrected chi connectivity index (χ2v) is 4.43. The molecule has 6 heteroatoms. The fraction of sp³-hybridized carbons (Fsp3) is 0.231. The zero-order valence-electron chi connectivity index (χ0n) is 9.96. The number of aromatic amines is 1. The van der Waals surface area contributed by atoms with Crippen LogP contribution in [0.5, 0.6) is 0 Å². The summed E-state index contributed by atoms with van der Waals surface area (Å²) in [6, 6.07) is 3.05. The van der Waals surface area contributed by atoms with Crippen LogP contribution in [0.4, 0.5) is 14.6 Å². The third kappa shape index (κ3) is 2.21. The van der Waals surface area contributed by atoms with Crippen LogP contribution in [-0.2, 0) is 6.42 Å². The summed E-state index contributed by atoms with van der Waals surface area (Å²) in [5.41, 5.74) is 0.536. The molecule has 0 bridgehead atoms. The number of aromatic nitrogens is 2. The van der Waals surface area contributed by atoms with Crippen molar-refractivity contribution in [3.8, 4) is 11.4 Å². The van der Waals surface area contributed by atoms with Crippen molar-refractivity contribution in [2.75, 3.05) is 11.9 Å². The molecule has 0 spiro atoms. The zero-order valence-corrected chi connectivity index (χ0v) is 9.96. The third-order valence-electron chi connectivity index (χ3n) is 3.05. The van der Waals surface area contributed by atoms with Crippen molar-refractivity contribution < 1.29 is 8.78 Å². The molecule has 0 saturated heterocycles. The lowest BCUT2D eigenvalue weighted by Gasteiger charge is -2.16. The van der Waals surface area contributed by atoms with Gasteiger partial charge in [-0.25, -0.2) is 13.8 Å². The number of H-pyrrole nitrogens is 1. The highest BCUT2D eigenvalue weighted by Crippen LogP contribution is 2.21. The molecule has 4 nitrogen and oxygen atoms in total. The Labute approximate surface area is 107 Å². The molecule has 98 valence electrons. The molecule has 0 unspecified atom stereocenters. The zero-order chi connectivity index (χ0) is 13.4. The van der Waals surface area contributed by atoms with Crippen LogP contribution in [0.25, 0.3) is 11.4 Å². The normalized spacial score (nSPS) is 13.8. The quantitative estimate of drug-likeness (QED) is 0.828. The third-order valence-corrected chi connectivity index (χ3v) is 3.05. The number of nitrogens with one attached hydrogen (secondary N) is 2. The van der Waals surface area contributed by atoms with E-state index < -0.39 is 11.6 Å². The molecule has 1 aliphatic rings. The lowest BCUT2D eigenvalue weighted by molar-refractivity contribution is 0.584. The van der Waals surface area contributed by atoms with Crippen molar-refractivity contribution in [3.63, 3.8) is 0 Å². The molecule has 3 rings (SSSR count). The summed E-state index contributed by atoms with van der Waals surface area (Å²) in [4.78, 5) is 18.7. The molecule has 0 atom stereocenters. The van der Waals surface area contributed by atoms with Crippen LogP contribution in [0.2, 0.25) is 0 Å².